The van der Waals surface area contributed by atoms with Gasteiger partial charge in [0.2, 0.25) is 0 Å². The highest BCUT2D eigenvalue weighted by Crippen LogP contribution is 2.25. The van der Waals surface area contributed by atoms with E-state index in [1.807, 2.05) is 32.0 Å². The maximum atomic E-state index is 11.7. The molecule has 1 unspecified atom stereocenters. The second-order valence-corrected chi connectivity index (χ2v) is 4.30. The highest BCUT2D eigenvalue weighted by Gasteiger charge is 2.28. The Bertz CT molecular complexity index is 491. The number of nitriles is 1. The van der Waals surface area contributed by atoms with Gasteiger partial charge in [0.15, 0.2) is 0 Å². The molecule has 1 heterocycles. The summed E-state index contributed by atoms with van der Waals surface area (Å²) < 4.78 is 5.00. The zero-order chi connectivity index (χ0) is 12.4. The summed E-state index contributed by atoms with van der Waals surface area (Å²) in [4.78, 5) is 13.2. The van der Waals surface area contributed by atoms with Crippen LogP contribution in [0.4, 0.5) is 10.5 Å². The Morgan fingerprint density at radius 2 is 2.24 bits per heavy atom. The quantitative estimate of drug-likeness (QED) is 0.744. The molecule has 1 atom stereocenters. The number of ether oxygens (including phenoxy) is 1. The van der Waals surface area contributed by atoms with Crippen molar-refractivity contribution in [1.82, 2.24) is 0 Å². The number of anilines is 1. The van der Waals surface area contributed by atoms with Gasteiger partial charge in [0.1, 0.15) is 6.61 Å². The van der Waals surface area contributed by atoms with Gasteiger partial charge in [-0.15, -0.1) is 0 Å². The fraction of sp³-hybridized carbons (Fsp3) is 0.385. The van der Waals surface area contributed by atoms with Crippen molar-refractivity contribution in [1.29, 1.82) is 5.26 Å². The fourth-order valence-corrected chi connectivity index (χ4v) is 1.98. The van der Waals surface area contributed by atoms with Crippen molar-refractivity contribution in [2.45, 2.75) is 13.8 Å². The number of carbonyl (C=O) groups is 1. The third-order valence-corrected chi connectivity index (χ3v) is 2.86. The summed E-state index contributed by atoms with van der Waals surface area (Å²) in [5.41, 5.74) is 2.98. The number of nitrogens with zero attached hydrogens (tertiary/aromatic N) is 2. The molecular weight excluding hydrogens is 216 g/mol. The fourth-order valence-electron chi connectivity index (χ4n) is 1.98. The smallest absolute Gasteiger partial charge is 0.414 e. The summed E-state index contributed by atoms with van der Waals surface area (Å²) >= 11 is 0. The number of amides is 1. The molecule has 1 aromatic rings. The number of rotatable bonds is 1. The van der Waals surface area contributed by atoms with Crippen LogP contribution in [0.3, 0.4) is 0 Å². The van der Waals surface area contributed by atoms with Gasteiger partial charge in [0.05, 0.1) is 17.7 Å². The average molecular weight is 230 g/mol. The molecule has 1 fully saturated rings. The zero-order valence-electron chi connectivity index (χ0n) is 9.93. The Balaban J connectivity index is 2.31. The SMILES string of the molecule is Cc1ccc(N2CC(C#N)COC2=O)c(C)c1. The van der Waals surface area contributed by atoms with Gasteiger partial charge in [-0.1, -0.05) is 17.7 Å². The summed E-state index contributed by atoms with van der Waals surface area (Å²) in [6.45, 7) is 4.55. The van der Waals surface area contributed by atoms with Crippen LogP contribution in [-0.4, -0.2) is 19.2 Å². The number of carbonyl (C=O) groups excluding carboxylic acids is 1. The summed E-state index contributed by atoms with van der Waals surface area (Å²) in [6.07, 6.45) is -0.372. The molecule has 0 saturated carbocycles. The number of hydrogen-bond acceptors (Lipinski definition) is 3. The maximum absolute atomic E-state index is 11.7. The molecule has 4 nitrogen and oxygen atoms in total. The molecule has 17 heavy (non-hydrogen) atoms. The van der Waals surface area contributed by atoms with Gasteiger partial charge in [-0.2, -0.15) is 5.26 Å². The number of benzene rings is 1. The summed E-state index contributed by atoms with van der Waals surface area (Å²) in [6, 6.07) is 7.99. The van der Waals surface area contributed by atoms with E-state index in [1.54, 1.807) is 0 Å². The molecule has 2 rings (SSSR count). The first-order valence-electron chi connectivity index (χ1n) is 5.53. The zero-order valence-corrected chi connectivity index (χ0v) is 9.93. The van der Waals surface area contributed by atoms with Gasteiger partial charge in [-0.25, -0.2) is 4.79 Å². The Kier molecular flexibility index (Phi) is 3.01. The first-order valence-corrected chi connectivity index (χ1v) is 5.53. The lowest BCUT2D eigenvalue weighted by molar-refractivity contribution is 0.127. The van der Waals surface area contributed by atoms with Crippen LogP contribution in [0.2, 0.25) is 0 Å². The number of cyclic esters (lactones) is 1. The molecule has 88 valence electrons. The van der Waals surface area contributed by atoms with Crippen LogP contribution in [0.1, 0.15) is 11.1 Å². The van der Waals surface area contributed by atoms with Crippen LogP contribution in [0.25, 0.3) is 0 Å². The van der Waals surface area contributed by atoms with Crippen LogP contribution in [0.5, 0.6) is 0 Å². The van der Waals surface area contributed by atoms with Gasteiger partial charge in [-0.3, -0.25) is 4.90 Å². The van der Waals surface area contributed by atoms with E-state index >= 15 is 0 Å². The first-order chi connectivity index (χ1) is 8.11. The van der Waals surface area contributed by atoms with E-state index in [9.17, 15) is 4.79 Å². The second kappa shape index (κ2) is 4.46. The lowest BCUT2D eigenvalue weighted by atomic mass is 10.1. The molecule has 1 aromatic carbocycles. The van der Waals surface area contributed by atoms with E-state index in [-0.39, 0.29) is 18.6 Å². The van der Waals surface area contributed by atoms with Crippen LogP contribution < -0.4 is 4.90 Å². The first kappa shape index (κ1) is 11.5. The van der Waals surface area contributed by atoms with Crippen molar-refractivity contribution in [3.05, 3.63) is 29.3 Å². The normalized spacial score (nSPS) is 19.7. The van der Waals surface area contributed by atoms with Crippen molar-refractivity contribution in [2.24, 2.45) is 5.92 Å². The molecule has 1 amide bonds. The van der Waals surface area contributed by atoms with Crippen LogP contribution in [0.15, 0.2) is 18.2 Å². The van der Waals surface area contributed by atoms with Crippen molar-refractivity contribution in [3.8, 4) is 6.07 Å². The van der Waals surface area contributed by atoms with Gasteiger partial charge >= 0.3 is 6.09 Å². The van der Waals surface area contributed by atoms with Gasteiger partial charge in [-0.05, 0) is 25.5 Å². The molecule has 0 bridgehead atoms. The molecule has 4 heteroatoms. The van der Waals surface area contributed by atoms with E-state index in [0.717, 1.165) is 16.8 Å². The van der Waals surface area contributed by atoms with E-state index in [0.29, 0.717) is 6.54 Å². The largest absolute Gasteiger partial charge is 0.448 e. The van der Waals surface area contributed by atoms with Crippen molar-refractivity contribution in [3.63, 3.8) is 0 Å². The lowest BCUT2D eigenvalue weighted by Gasteiger charge is -2.30. The number of hydrogen-bond donors (Lipinski definition) is 0. The van der Waals surface area contributed by atoms with Gasteiger partial charge < -0.3 is 4.74 Å². The molecule has 1 saturated heterocycles. The summed E-state index contributed by atoms with van der Waals surface area (Å²) in [5, 5.41) is 8.89. The van der Waals surface area contributed by atoms with Gasteiger partial charge in [0, 0.05) is 6.54 Å². The second-order valence-electron chi connectivity index (χ2n) is 4.30. The van der Waals surface area contributed by atoms with Crippen LogP contribution in [-0.2, 0) is 4.74 Å². The molecule has 0 aromatic heterocycles. The molecule has 0 N–H and O–H groups in total. The van der Waals surface area contributed by atoms with E-state index in [2.05, 4.69) is 6.07 Å². The summed E-state index contributed by atoms with van der Waals surface area (Å²) in [7, 11) is 0. The minimum Gasteiger partial charge on any atom is -0.448 e. The summed E-state index contributed by atoms with van der Waals surface area (Å²) in [5.74, 6) is -0.256. The molecule has 1 aliphatic rings. The molecule has 0 aliphatic carbocycles. The third kappa shape index (κ3) is 2.23. The molecule has 0 radical (unpaired) electrons. The highest BCUT2D eigenvalue weighted by atomic mass is 16.6. The standard InChI is InChI=1S/C13H14N2O2/c1-9-3-4-12(10(2)5-9)15-7-11(6-14)8-17-13(15)16/h3-5,11H,7-8H2,1-2H3. The average Bonchev–Trinajstić information content (AvgIpc) is 2.30. The van der Waals surface area contributed by atoms with E-state index in [4.69, 9.17) is 10.00 Å². The maximum Gasteiger partial charge on any atom is 0.414 e. The number of aryl methyl sites for hydroxylation is 2. The third-order valence-electron chi connectivity index (χ3n) is 2.86. The van der Waals surface area contributed by atoms with E-state index in [1.165, 1.54) is 4.90 Å². The molecule has 0 spiro atoms. The topological polar surface area (TPSA) is 53.3 Å². The van der Waals surface area contributed by atoms with Crippen molar-refractivity contribution < 1.29 is 9.53 Å². The van der Waals surface area contributed by atoms with Crippen molar-refractivity contribution in [2.75, 3.05) is 18.1 Å². The molecular formula is C13H14N2O2. The van der Waals surface area contributed by atoms with Crippen LogP contribution >= 0.6 is 0 Å². The Morgan fingerprint density at radius 1 is 1.47 bits per heavy atom. The van der Waals surface area contributed by atoms with Gasteiger partial charge in [0.25, 0.3) is 0 Å². The Morgan fingerprint density at radius 3 is 2.88 bits per heavy atom. The predicted molar refractivity (Wildman–Crippen MR) is 63.7 cm³/mol. The Labute approximate surface area is 100 Å². The lowest BCUT2D eigenvalue weighted by Crippen LogP contribution is -2.43. The highest BCUT2D eigenvalue weighted by molar-refractivity contribution is 5.89. The minimum absolute atomic E-state index is 0.191. The van der Waals surface area contributed by atoms with E-state index < -0.39 is 0 Å². The molecule has 1 aliphatic heterocycles. The monoisotopic (exact) mass is 230 g/mol. The van der Waals surface area contributed by atoms with Crippen molar-refractivity contribution >= 4 is 11.8 Å². The predicted octanol–water partition coefficient (Wildman–Crippen LogP) is 2.40. The van der Waals surface area contributed by atoms with Crippen LogP contribution in [0, 0.1) is 31.1 Å². The minimum atomic E-state index is -0.372. The Hall–Kier alpha value is -2.02.